The molecule has 0 aliphatic heterocycles. The van der Waals surface area contributed by atoms with Crippen molar-refractivity contribution in [2.75, 3.05) is 13.2 Å². The maximum Gasteiger partial charge on any atom is 0.119 e. The van der Waals surface area contributed by atoms with Gasteiger partial charge in [-0.1, -0.05) is 19.1 Å². The summed E-state index contributed by atoms with van der Waals surface area (Å²) in [4.78, 5) is 0. The summed E-state index contributed by atoms with van der Waals surface area (Å²) in [6, 6.07) is 7.67. The minimum Gasteiger partial charge on any atom is -0.494 e. The summed E-state index contributed by atoms with van der Waals surface area (Å²) in [5.41, 5.74) is 5.78. The summed E-state index contributed by atoms with van der Waals surface area (Å²) >= 11 is 0. The quantitative estimate of drug-likeness (QED) is 0.793. The lowest BCUT2D eigenvalue weighted by molar-refractivity contribution is 0.0222. The molecule has 1 aromatic rings. The highest BCUT2D eigenvalue weighted by molar-refractivity contribution is 5.32. The Morgan fingerprint density at radius 3 is 2.47 bits per heavy atom. The van der Waals surface area contributed by atoms with Crippen LogP contribution in [0.2, 0.25) is 0 Å². The molecule has 0 radical (unpaired) electrons. The fraction of sp³-hybridized carbons (Fsp3) is 0.571. The monoisotopic (exact) mass is 235 g/mol. The molecule has 1 aliphatic carbocycles. The molecule has 17 heavy (non-hydrogen) atoms. The predicted octanol–water partition coefficient (Wildman–Crippen LogP) is 2.03. The average molecular weight is 235 g/mol. The van der Waals surface area contributed by atoms with Crippen molar-refractivity contribution in [3.63, 3.8) is 0 Å². The fourth-order valence-corrected chi connectivity index (χ4v) is 2.14. The molecule has 2 rings (SSSR count). The van der Waals surface area contributed by atoms with Gasteiger partial charge in [-0.05, 0) is 42.9 Å². The maximum absolute atomic E-state index is 10.5. The molecule has 0 bridgehead atoms. The van der Waals surface area contributed by atoms with Gasteiger partial charge in [0.1, 0.15) is 11.4 Å². The molecule has 1 fully saturated rings. The SMILES string of the molecule is CCCOc1ccc(C(O)(CN)C2CC2)cc1. The van der Waals surface area contributed by atoms with Gasteiger partial charge in [-0.25, -0.2) is 0 Å². The molecule has 1 unspecified atom stereocenters. The first-order valence-corrected chi connectivity index (χ1v) is 6.36. The van der Waals surface area contributed by atoms with E-state index in [9.17, 15) is 5.11 Å². The zero-order valence-corrected chi connectivity index (χ0v) is 10.4. The third kappa shape index (κ3) is 2.61. The van der Waals surface area contributed by atoms with Gasteiger partial charge >= 0.3 is 0 Å². The second kappa shape index (κ2) is 5.07. The van der Waals surface area contributed by atoms with Crippen LogP contribution in [0.15, 0.2) is 24.3 Å². The molecule has 3 nitrogen and oxygen atoms in total. The first-order valence-electron chi connectivity index (χ1n) is 6.36. The Bertz CT molecular complexity index is 359. The van der Waals surface area contributed by atoms with E-state index in [2.05, 4.69) is 6.92 Å². The second-order valence-corrected chi connectivity index (χ2v) is 4.78. The van der Waals surface area contributed by atoms with Crippen molar-refractivity contribution in [2.24, 2.45) is 11.7 Å². The highest BCUT2D eigenvalue weighted by atomic mass is 16.5. The third-order valence-corrected chi connectivity index (χ3v) is 3.39. The van der Waals surface area contributed by atoms with Crippen molar-refractivity contribution in [1.82, 2.24) is 0 Å². The predicted molar refractivity (Wildman–Crippen MR) is 67.9 cm³/mol. The molecular formula is C14H21NO2. The van der Waals surface area contributed by atoms with Crippen molar-refractivity contribution in [2.45, 2.75) is 31.8 Å². The van der Waals surface area contributed by atoms with Crippen LogP contribution in [-0.2, 0) is 5.60 Å². The molecule has 0 aromatic heterocycles. The van der Waals surface area contributed by atoms with Crippen LogP contribution in [-0.4, -0.2) is 18.3 Å². The Morgan fingerprint density at radius 2 is 2.00 bits per heavy atom. The lowest BCUT2D eigenvalue weighted by atomic mass is 9.89. The van der Waals surface area contributed by atoms with Gasteiger partial charge in [-0.15, -0.1) is 0 Å². The van der Waals surface area contributed by atoms with Crippen LogP contribution < -0.4 is 10.5 Å². The van der Waals surface area contributed by atoms with Crippen molar-refractivity contribution in [1.29, 1.82) is 0 Å². The average Bonchev–Trinajstić information content (AvgIpc) is 3.20. The minimum atomic E-state index is -0.844. The van der Waals surface area contributed by atoms with E-state index in [-0.39, 0.29) is 6.54 Å². The number of ether oxygens (including phenoxy) is 1. The molecule has 0 amide bonds. The zero-order chi connectivity index (χ0) is 12.3. The van der Waals surface area contributed by atoms with Gasteiger partial charge in [-0.2, -0.15) is 0 Å². The van der Waals surface area contributed by atoms with Gasteiger partial charge in [-0.3, -0.25) is 0 Å². The Balaban J connectivity index is 2.10. The highest BCUT2D eigenvalue weighted by Gasteiger charge is 2.43. The smallest absolute Gasteiger partial charge is 0.119 e. The van der Waals surface area contributed by atoms with Crippen molar-refractivity contribution >= 4 is 0 Å². The fourth-order valence-electron chi connectivity index (χ4n) is 2.14. The van der Waals surface area contributed by atoms with Crippen LogP contribution in [0.4, 0.5) is 0 Å². The van der Waals surface area contributed by atoms with Crippen LogP contribution in [0.3, 0.4) is 0 Å². The summed E-state index contributed by atoms with van der Waals surface area (Å²) in [5, 5.41) is 10.5. The second-order valence-electron chi connectivity index (χ2n) is 4.78. The molecule has 0 saturated heterocycles. The Kier molecular flexibility index (Phi) is 3.69. The molecule has 1 atom stereocenters. The standard InChI is InChI=1S/C14H21NO2/c1-2-9-17-13-7-5-12(6-8-13)14(16,10-15)11-3-4-11/h5-8,11,16H,2-4,9-10,15H2,1H3. The van der Waals surface area contributed by atoms with Crippen LogP contribution in [0, 0.1) is 5.92 Å². The van der Waals surface area contributed by atoms with E-state index in [4.69, 9.17) is 10.5 Å². The van der Waals surface area contributed by atoms with Crippen LogP contribution in [0.25, 0.3) is 0 Å². The lowest BCUT2D eigenvalue weighted by Crippen LogP contribution is -2.37. The van der Waals surface area contributed by atoms with E-state index in [1.54, 1.807) is 0 Å². The lowest BCUT2D eigenvalue weighted by Gasteiger charge is -2.27. The summed E-state index contributed by atoms with van der Waals surface area (Å²) in [6.07, 6.45) is 3.14. The largest absolute Gasteiger partial charge is 0.494 e. The zero-order valence-electron chi connectivity index (χ0n) is 10.4. The Labute approximate surface area is 103 Å². The molecular weight excluding hydrogens is 214 g/mol. The number of aliphatic hydroxyl groups is 1. The Morgan fingerprint density at radius 1 is 1.35 bits per heavy atom. The molecule has 0 heterocycles. The maximum atomic E-state index is 10.5. The van der Waals surface area contributed by atoms with Gasteiger partial charge in [0.05, 0.1) is 6.61 Å². The summed E-state index contributed by atoms with van der Waals surface area (Å²) in [5.74, 6) is 1.18. The van der Waals surface area contributed by atoms with Gasteiger partial charge in [0, 0.05) is 6.54 Å². The normalized spacial score (nSPS) is 18.8. The van der Waals surface area contributed by atoms with Crippen molar-refractivity contribution in [3.05, 3.63) is 29.8 Å². The topological polar surface area (TPSA) is 55.5 Å². The van der Waals surface area contributed by atoms with Crippen LogP contribution in [0.1, 0.15) is 31.7 Å². The van der Waals surface area contributed by atoms with Crippen LogP contribution in [0.5, 0.6) is 5.75 Å². The number of benzene rings is 1. The van der Waals surface area contributed by atoms with Gasteiger partial charge < -0.3 is 15.6 Å². The van der Waals surface area contributed by atoms with Crippen molar-refractivity contribution in [3.8, 4) is 5.75 Å². The highest BCUT2D eigenvalue weighted by Crippen LogP contribution is 2.45. The first kappa shape index (κ1) is 12.4. The van der Waals surface area contributed by atoms with Gasteiger partial charge in [0.15, 0.2) is 0 Å². The number of hydrogen-bond acceptors (Lipinski definition) is 3. The molecule has 0 spiro atoms. The number of hydrogen-bond donors (Lipinski definition) is 2. The molecule has 3 N–H and O–H groups in total. The van der Waals surface area contributed by atoms with E-state index < -0.39 is 5.60 Å². The first-order chi connectivity index (χ1) is 8.20. The molecule has 1 aliphatic rings. The van der Waals surface area contributed by atoms with E-state index in [1.807, 2.05) is 24.3 Å². The van der Waals surface area contributed by atoms with Crippen LogP contribution >= 0.6 is 0 Å². The van der Waals surface area contributed by atoms with E-state index in [0.717, 1.165) is 37.2 Å². The van der Waals surface area contributed by atoms with Gasteiger partial charge in [0.25, 0.3) is 0 Å². The number of rotatable bonds is 6. The third-order valence-electron chi connectivity index (χ3n) is 3.39. The Hall–Kier alpha value is -1.06. The molecule has 3 heteroatoms. The van der Waals surface area contributed by atoms with Crippen molar-refractivity contribution < 1.29 is 9.84 Å². The summed E-state index contributed by atoms with van der Waals surface area (Å²) in [6.45, 7) is 3.09. The molecule has 1 saturated carbocycles. The van der Waals surface area contributed by atoms with E-state index in [0.29, 0.717) is 5.92 Å². The molecule has 1 aromatic carbocycles. The molecule has 94 valence electrons. The summed E-state index contributed by atoms with van der Waals surface area (Å²) < 4.78 is 5.52. The summed E-state index contributed by atoms with van der Waals surface area (Å²) in [7, 11) is 0. The van der Waals surface area contributed by atoms with E-state index >= 15 is 0 Å². The minimum absolute atomic E-state index is 0.285. The van der Waals surface area contributed by atoms with Gasteiger partial charge in [0.2, 0.25) is 0 Å². The number of nitrogens with two attached hydrogens (primary N) is 1. The van der Waals surface area contributed by atoms with E-state index in [1.165, 1.54) is 0 Å².